The normalized spacial score (nSPS) is 14.0. The zero-order valence-electron chi connectivity index (χ0n) is 20.7. The van der Waals surface area contributed by atoms with Crippen molar-refractivity contribution in [1.29, 1.82) is 0 Å². The number of rotatable bonds is 10. The molecular weight excluding hydrogens is 452 g/mol. The second-order valence-electron chi connectivity index (χ2n) is 9.70. The van der Waals surface area contributed by atoms with Gasteiger partial charge >= 0.3 is 0 Å². The maximum absolute atomic E-state index is 13.5. The van der Waals surface area contributed by atoms with Gasteiger partial charge in [-0.2, -0.15) is 0 Å². The number of hydrogen-bond acceptors (Lipinski definition) is 6. The molecule has 3 atom stereocenters. The molecule has 5 N–H and O–H groups in total. The van der Waals surface area contributed by atoms with E-state index in [0.29, 0.717) is 5.56 Å². The highest BCUT2D eigenvalue weighted by Gasteiger charge is 2.39. The van der Waals surface area contributed by atoms with Crippen molar-refractivity contribution in [3.8, 4) is 0 Å². The van der Waals surface area contributed by atoms with Crippen LogP contribution in [0.1, 0.15) is 26.3 Å². The lowest BCUT2D eigenvalue weighted by Gasteiger charge is -2.32. The number of benzene rings is 2. The van der Waals surface area contributed by atoms with Crippen molar-refractivity contribution in [2.75, 3.05) is 20.7 Å². The standard InChI is InChI=1S/C25H34N4O6/c1-25(2,3)21(22(26)31)27-23(32)18(20(24(33)28-34)35-14-19(30)29(4)5)13-15-10-11-16-8-6-7-9-17(16)12-15/h6-12,18,20-21,34H,13-14H2,1-5H3,(H2,26,31)(H,27,32)(H,28,33)/t18-,20+,21-/m1/s1. The number of hydroxylamine groups is 1. The van der Waals surface area contributed by atoms with Crippen molar-refractivity contribution >= 4 is 34.4 Å². The number of carbonyl (C=O) groups excluding carboxylic acids is 4. The number of fused-ring (bicyclic) bond motifs is 1. The van der Waals surface area contributed by atoms with Crippen LogP contribution in [0.2, 0.25) is 0 Å². The van der Waals surface area contributed by atoms with Gasteiger partial charge in [0, 0.05) is 14.1 Å². The first-order valence-corrected chi connectivity index (χ1v) is 11.2. The molecule has 0 aromatic heterocycles. The molecule has 35 heavy (non-hydrogen) atoms. The number of amides is 4. The minimum atomic E-state index is -1.52. The van der Waals surface area contributed by atoms with Crippen molar-refractivity contribution in [2.24, 2.45) is 17.1 Å². The average molecular weight is 487 g/mol. The van der Waals surface area contributed by atoms with E-state index in [2.05, 4.69) is 5.32 Å². The second-order valence-corrected chi connectivity index (χ2v) is 9.70. The van der Waals surface area contributed by atoms with Crippen LogP contribution in [0, 0.1) is 11.3 Å². The lowest BCUT2D eigenvalue weighted by molar-refractivity contribution is -0.155. The van der Waals surface area contributed by atoms with Gasteiger partial charge < -0.3 is 20.7 Å². The van der Waals surface area contributed by atoms with E-state index in [9.17, 15) is 24.4 Å². The summed E-state index contributed by atoms with van der Waals surface area (Å²) in [6, 6.07) is 12.2. The van der Waals surface area contributed by atoms with Gasteiger partial charge in [-0.25, -0.2) is 5.48 Å². The summed E-state index contributed by atoms with van der Waals surface area (Å²) in [4.78, 5) is 51.5. The molecule has 0 saturated carbocycles. The number of carbonyl (C=O) groups is 4. The lowest BCUT2D eigenvalue weighted by atomic mass is 9.85. The SMILES string of the molecule is CN(C)C(=O)CO[C@H](C(=O)NO)[C@@H](Cc1ccc2ccccc2c1)C(=O)N[C@H](C(N)=O)C(C)(C)C. The number of primary amides is 1. The molecule has 0 aliphatic rings. The Kier molecular flexibility index (Phi) is 9.32. The first-order valence-electron chi connectivity index (χ1n) is 11.2. The number of ether oxygens (including phenoxy) is 1. The minimum absolute atomic E-state index is 0.0283. The Balaban J connectivity index is 2.46. The molecule has 4 amide bonds. The maximum Gasteiger partial charge on any atom is 0.273 e. The maximum atomic E-state index is 13.5. The zero-order chi connectivity index (χ0) is 26.3. The second kappa shape index (κ2) is 11.8. The summed E-state index contributed by atoms with van der Waals surface area (Å²) in [6.07, 6.45) is -1.50. The smallest absolute Gasteiger partial charge is 0.273 e. The van der Waals surface area contributed by atoms with Crippen LogP contribution >= 0.6 is 0 Å². The summed E-state index contributed by atoms with van der Waals surface area (Å²) in [5.41, 5.74) is 7.05. The molecule has 10 nitrogen and oxygen atoms in total. The van der Waals surface area contributed by atoms with Crippen molar-refractivity contribution < 1.29 is 29.1 Å². The summed E-state index contributed by atoms with van der Waals surface area (Å²) < 4.78 is 5.55. The highest BCUT2D eigenvalue weighted by Crippen LogP contribution is 2.24. The molecule has 0 radical (unpaired) electrons. The molecule has 2 aromatic carbocycles. The Hall–Kier alpha value is -3.50. The van der Waals surface area contributed by atoms with Gasteiger partial charge in [-0.3, -0.25) is 24.4 Å². The number of nitrogens with one attached hydrogen (secondary N) is 2. The molecule has 0 fully saturated rings. The summed E-state index contributed by atoms with van der Waals surface area (Å²) in [7, 11) is 3.04. The number of nitrogens with two attached hydrogens (primary N) is 1. The third-order valence-corrected chi connectivity index (χ3v) is 5.66. The molecule has 2 aromatic rings. The Labute approximate surface area is 204 Å². The summed E-state index contributed by atoms with van der Waals surface area (Å²) in [5.74, 6) is -4.04. The van der Waals surface area contributed by atoms with Gasteiger partial charge in [-0.1, -0.05) is 63.2 Å². The van der Waals surface area contributed by atoms with Gasteiger partial charge in [-0.05, 0) is 28.2 Å². The molecule has 2 rings (SSSR count). The van der Waals surface area contributed by atoms with E-state index in [1.165, 1.54) is 24.5 Å². The van der Waals surface area contributed by atoms with Crippen molar-refractivity contribution in [2.45, 2.75) is 39.3 Å². The zero-order valence-corrected chi connectivity index (χ0v) is 20.7. The molecule has 0 aliphatic carbocycles. The summed E-state index contributed by atoms with van der Waals surface area (Å²) >= 11 is 0. The summed E-state index contributed by atoms with van der Waals surface area (Å²) in [5, 5.41) is 13.9. The molecule has 0 spiro atoms. The van der Waals surface area contributed by atoms with Crippen LogP contribution in [0.5, 0.6) is 0 Å². The van der Waals surface area contributed by atoms with E-state index >= 15 is 0 Å². The predicted octanol–water partition coefficient (Wildman–Crippen LogP) is 0.994. The first kappa shape index (κ1) is 27.7. The van der Waals surface area contributed by atoms with Crippen LogP contribution in [0.4, 0.5) is 0 Å². The predicted molar refractivity (Wildman–Crippen MR) is 130 cm³/mol. The van der Waals surface area contributed by atoms with Crippen molar-refractivity contribution in [1.82, 2.24) is 15.7 Å². The van der Waals surface area contributed by atoms with Crippen molar-refractivity contribution in [3.05, 3.63) is 48.0 Å². The number of likely N-dealkylation sites (N-methyl/N-ethyl adjacent to an activating group) is 1. The molecule has 0 bridgehead atoms. The molecule has 0 unspecified atom stereocenters. The van der Waals surface area contributed by atoms with E-state index < -0.39 is 53.7 Å². The fourth-order valence-electron chi connectivity index (χ4n) is 3.65. The topological polar surface area (TPSA) is 151 Å². The lowest BCUT2D eigenvalue weighted by Crippen LogP contribution is -2.56. The number of hydrogen-bond donors (Lipinski definition) is 4. The highest BCUT2D eigenvalue weighted by atomic mass is 16.5. The van der Waals surface area contributed by atoms with Gasteiger partial charge in [-0.15, -0.1) is 0 Å². The van der Waals surface area contributed by atoms with E-state index in [4.69, 9.17) is 10.5 Å². The van der Waals surface area contributed by atoms with E-state index in [0.717, 1.165) is 10.8 Å². The van der Waals surface area contributed by atoms with Gasteiger partial charge in [0.05, 0.1) is 5.92 Å². The highest BCUT2D eigenvalue weighted by molar-refractivity contribution is 5.93. The van der Waals surface area contributed by atoms with Crippen LogP contribution in [-0.4, -0.2) is 66.6 Å². The molecule has 0 heterocycles. The fraction of sp³-hybridized carbons (Fsp3) is 0.440. The quantitative estimate of drug-likeness (QED) is 0.290. The molecular formula is C25H34N4O6. The third-order valence-electron chi connectivity index (χ3n) is 5.66. The van der Waals surface area contributed by atoms with E-state index in [-0.39, 0.29) is 6.42 Å². The van der Waals surface area contributed by atoms with Gasteiger partial charge in [0.15, 0.2) is 6.10 Å². The molecule has 190 valence electrons. The Morgan fingerprint density at radius 3 is 2.20 bits per heavy atom. The van der Waals surface area contributed by atoms with Crippen molar-refractivity contribution in [3.63, 3.8) is 0 Å². The van der Waals surface area contributed by atoms with Gasteiger partial charge in [0.2, 0.25) is 17.7 Å². The Morgan fingerprint density at radius 1 is 1.03 bits per heavy atom. The molecule has 10 heteroatoms. The Bertz CT molecular complexity index is 1080. The first-order chi connectivity index (χ1) is 16.3. The fourth-order valence-corrected chi connectivity index (χ4v) is 3.65. The van der Waals surface area contributed by atoms with E-state index in [1.807, 2.05) is 42.5 Å². The average Bonchev–Trinajstić information content (AvgIpc) is 2.80. The van der Waals surface area contributed by atoms with Crippen LogP contribution in [0.25, 0.3) is 10.8 Å². The van der Waals surface area contributed by atoms with Gasteiger partial charge in [0.25, 0.3) is 5.91 Å². The third kappa shape index (κ3) is 7.49. The summed E-state index contributed by atoms with van der Waals surface area (Å²) in [6.45, 7) is 4.73. The minimum Gasteiger partial charge on any atom is -0.368 e. The monoisotopic (exact) mass is 486 g/mol. The van der Waals surface area contributed by atoms with Crippen LogP contribution in [0.15, 0.2) is 42.5 Å². The van der Waals surface area contributed by atoms with Crippen LogP contribution in [-0.2, 0) is 30.3 Å². The van der Waals surface area contributed by atoms with Gasteiger partial charge in [0.1, 0.15) is 12.6 Å². The van der Waals surface area contributed by atoms with Crippen LogP contribution in [0.3, 0.4) is 0 Å². The van der Waals surface area contributed by atoms with Crippen LogP contribution < -0.4 is 16.5 Å². The largest absolute Gasteiger partial charge is 0.368 e. The Morgan fingerprint density at radius 2 is 1.66 bits per heavy atom. The van der Waals surface area contributed by atoms with E-state index in [1.54, 1.807) is 20.8 Å². The molecule has 0 saturated heterocycles. The number of nitrogens with zero attached hydrogens (tertiary/aromatic N) is 1. The molecule has 0 aliphatic heterocycles.